The first-order valence-electron chi connectivity index (χ1n) is 6.64. The zero-order valence-corrected chi connectivity index (χ0v) is 11.9. The highest BCUT2D eigenvalue weighted by atomic mass is 35.5. The van der Waals surface area contributed by atoms with Crippen molar-refractivity contribution in [3.05, 3.63) is 64.7 Å². The average molecular weight is 281 g/mol. The molecule has 0 bridgehead atoms. The Labute approximate surface area is 122 Å². The summed E-state index contributed by atoms with van der Waals surface area (Å²) in [7, 11) is 2.01. The molecule has 0 spiro atoms. The van der Waals surface area contributed by atoms with E-state index in [1.165, 1.54) is 22.4 Å². The van der Waals surface area contributed by atoms with E-state index in [0.29, 0.717) is 0 Å². The highest BCUT2D eigenvalue weighted by Gasteiger charge is 2.26. The number of benzene rings is 2. The van der Waals surface area contributed by atoms with Gasteiger partial charge < -0.3 is 0 Å². The van der Waals surface area contributed by atoms with Gasteiger partial charge in [0.25, 0.3) is 0 Å². The van der Waals surface area contributed by atoms with Crippen LogP contribution in [0.1, 0.15) is 11.1 Å². The minimum Gasteiger partial charge on any atom is -0.267 e. The largest absolute Gasteiger partial charge is 0.267 e. The number of nitrogens with zero attached hydrogens (tertiary/aromatic N) is 2. The molecule has 1 aliphatic rings. The first-order valence-corrected chi connectivity index (χ1v) is 7.02. The molecule has 1 aliphatic carbocycles. The molecule has 0 fully saturated rings. The van der Waals surface area contributed by atoms with Crippen molar-refractivity contribution in [1.82, 2.24) is 9.78 Å². The molecule has 0 radical (unpaired) electrons. The van der Waals surface area contributed by atoms with Crippen molar-refractivity contribution < 1.29 is 0 Å². The van der Waals surface area contributed by atoms with Crippen LogP contribution in [0, 0.1) is 0 Å². The third-order valence-electron chi connectivity index (χ3n) is 3.90. The van der Waals surface area contributed by atoms with Crippen LogP contribution in [0.15, 0.2) is 48.5 Å². The Bertz CT molecular complexity index is 800. The van der Waals surface area contributed by atoms with Crippen molar-refractivity contribution in [2.45, 2.75) is 6.42 Å². The maximum absolute atomic E-state index is 5.97. The van der Waals surface area contributed by atoms with Gasteiger partial charge in [0.05, 0.1) is 11.4 Å². The zero-order valence-electron chi connectivity index (χ0n) is 11.1. The van der Waals surface area contributed by atoms with Crippen LogP contribution >= 0.6 is 11.6 Å². The zero-order chi connectivity index (χ0) is 13.7. The number of halogens is 1. The fourth-order valence-corrected chi connectivity index (χ4v) is 3.13. The van der Waals surface area contributed by atoms with E-state index in [-0.39, 0.29) is 0 Å². The molecule has 98 valence electrons. The molecule has 2 nitrogen and oxygen atoms in total. The smallest absolute Gasteiger partial charge is 0.0965 e. The predicted octanol–water partition coefficient (Wildman–Crippen LogP) is 4.31. The lowest BCUT2D eigenvalue weighted by Gasteiger charge is -2.02. The van der Waals surface area contributed by atoms with E-state index in [1.807, 2.05) is 36.0 Å². The lowest BCUT2D eigenvalue weighted by Crippen LogP contribution is -1.94. The summed E-state index contributed by atoms with van der Waals surface area (Å²) in [6.45, 7) is 0. The van der Waals surface area contributed by atoms with E-state index >= 15 is 0 Å². The Morgan fingerprint density at radius 1 is 1.05 bits per heavy atom. The van der Waals surface area contributed by atoms with E-state index in [9.17, 15) is 0 Å². The molecular formula is C17H13ClN2. The van der Waals surface area contributed by atoms with Crippen LogP contribution < -0.4 is 0 Å². The normalized spacial score (nSPS) is 12.3. The molecule has 2 aromatic carbocycles. The molecule has 0 unspecified atom stereocenters. The quantitative estimate of drug-likeness (QED) is 0.508. The molecule has 0 saturated heterocycles. The number of aryl methyl sites for hydroxylation is 1. The van der Waals surface area contributed by atoms with Crippen molar-refractivity contribution in [2.75, 3.05) is 0 Å². The molecule has 1 heterocycles. The second kappa shape index (κ2) is 4.22. The molecule has 4 rings (SSSR count). The summed E-state index contributed by atoms with van der Waals surface area (Å²) < 4.78 is 1.99. The monoisotopic (exact) mass is 280 g/mol. The Balaban J connectivity index is 1.92. The van der Waals surface area contributed by atoms with Crippen LogP contribution in [0.3, 0.4) is 0 Å². The predicted molar refractivity (Wildman–Crippen MR) is 81.9 cm³/mol. The summed E-state index contributed by atoms with van der Waals surface area (Å²) in [6.07, 6.45) is 0.956. The summed E-state index contributed by atoms with van der Waals surface area (Å²) in [6, 6.07) is 16.5. The van der Waals surface area contributed by atoms with Crippen LogP contribution in [0.2, 0.25) is 5.02 Å². The van der Waals surface area contributed by atoms with Crippen molar-refractivity contribution in [1.29, 1.82) is 0 Å². The van der Waals surface area contributed by atoms with E-state index in [4.69, 9.17) is 16.7 Å². The summed E-state index contributed by atoms with van der Waals surface area (Å²) in [5.41, 5.74) is 7.43. The molecule has 3 heteroatoms. The maximum Gasteiger partial charge on any atom is 0.0965 e. The van der Waals surface area contributed by atoms with Gasteiger partial charge in [0, 0.05) is 35.2 Å². The van der Waals surface area contributed by atoms with E-state index in [2.05, 4.69) is 24.3 Å². The number of aromatic nitrogens is 2. The van der Waals surface area contributed by atoms with Crippen LogP contribution in [0.25, 0.3) is 22.5 Å². The molecule has 0 atom stereocenters. The SMILES string of the molecule is Cn1nc(-c2ccc(Cl)cc2)c2c1-c1ccccc1C2. The summed E-state index contributed by atoms with van der Waals surface area (Å²) in [5.74, 6) is 0. The molecule has 0 N–H and O–H groups in total. The molecule has 0 aliphatic heterocycles. The Kier molecular flexibility index (Phi) is 2.48. The van der Waals surface area contributed by atoms with E-state index in [0.717, 1.165) is 22.7 Å². The number of hydrogen-bond acceptors (Lipinski definition) is 1. The van der Waals surface area contributed by atoms with Gasteiger partial charge in [0.1, 0.15) is 0 Å². The first kappa shape index (κ1) is 11.7. The lowest BCUT2D eigenvalue weighted by atomic mass is 10.1. The van der Waals surface area contributed by atoms with Gasteiger partial charge in [-0.15, -0.1) is 0 Å². The van der Waals surface area contributed by atoms with Crippen LogP contribution in [0.4, 0.5) is 0 Å². The van der Waals surface area contributed by atoms with Gasteiger partial charge in [-0.05, 0) is 17.7 Å². The van der Waals surface area contributed by atoms with Gasteiger partial charge in [-0.3, -0.25) is 4.68 Å². The third kappa shape index (κ3) is 1.61. The fraction of sp³-hybridized carbons (Fsp3) is 0.118. The summed E-state index contributed by atoms with van der Waals surface area (Å²) >= 11 is 5.97. The molecular weight excluding hydrogens is 268 g/mol. The fourth-order valence-electron chi connectivity index (χ4n) is 3.01. The minimum absolute atomic E-state index is 0.754. The van der Waals surface area contributed by atoms with Gasteiger partial charge in [0.2, 0.25) is 0 Å². The standard InChI is InChI=1S/C17H13ClN2/c1-20-17-14-5-3-2-4-12(14)10-15(17)16(19-20)11-6-8-13(18)9-7-11/h2-9H,10H2,1H3. The van der Waals surface area contributed by atoms with Gasteiger partial charge in [0.15, 0.2) is 0 Å². The molecule has 3 aromatic rings. The lowest BCUT2D eigenvalue weighted by molar-refractivity contribution is 0.779. The van der Waals surface area contributed by atoms with Crippen molar-refractivity contribution >= 4 is 11.6 Å². The summed E-state index contributed by atoms with van der Waals surface area (Å²) in [4.78, 5) is 0. The van der Waals surface area contributed by atoms with E-state index < -0.39 is 0 Å². The number of rotatable bonds is 1. The van der Waals surface area contributed by atoms with Crippen molar-refractivity contribution in [3.8, 4) is 22.5 Å². The average Bonchev–Trinajstić information content (AvgIpc) is 2.98. The van der Waals surface area contributed by atoms with Crippen LogP contribution in [-0.4, -0.2) is 9.78 Å². The molecule has 0 amide bonds. The highest BCUT2D eigenvalue weighted by molar-refractivity contribution is 6.30. The first-order chi connectivity index (χ1) is 9.74. The van der Waals surface area contributed by atoms with Crippen molar-refractivity contribution in [3.63, 3.8) is 0 Å². The topological polar surface area (TPSA) is 17.8 Å². The summed E-state index contributed by atoms with van der Waals surface area (Å²) in [5, 5.41) is 5.46. The Hall–Kier alpha value is -2.06. The third-order valence-corrected chi connectivity index (χ3v) is 4.15. The van der Waals surface area contributed by atoms with Crippen molar-refractivity contribution in [2.24, 2.45) is 7.05 Å². The van der Waals surface area contributed by atoms with Gasteiger partial charge in [-0.25, -0.2) is 0 Å². The minimum atomic E-state index is 0.754. The van der Waals surface area contributed by atoms with Crippen LogP contribution in [0.5, 0.6) is 0 Å². The van der Waals surface area contributed by atoms with Crippen LogP contribution in [-0.2, 0) is 13.5 Å². The Morgan fingerprint density at radius 3 is 2.60 bits per heavy atom. The van der Waals surface area contributed by atoms with E-state index in [1.54, 1.807) is 0 Å². The van der Waals surface area contributed by atoms with Gasteiger partial charge in [-0.2, -0.15) is 5.10 Å². The van der Waals surface area contributed by atoms with Gasteiger partial charge >= 0.3 is 0 Å². The Morgan fingerprint density at radius 2 is 1.80 bits per heavy atom. The second-order valence-corrected chi connectivity index (χ2v) is 5.58. The van der Waals surface area contributed by atoms with Gasteiger partial charge in [-0.1, -0.05) is 48.0 Å². The second-order valence-electron chi connectivity index (χ2n) is 5.14. The highest BCUT2D eigenvalue weighted by Crippen LogP contribution is 2.41. The molecule has 1 aromatic heterocycles. The molecule has 0 saturated carbocycles. The maximum atomic E-state index is 5.97. The molecule has 20 heavy (non-hydrogen) atoms. The number of hydrogen-bond donors (Lipinski definition) is 0. The number of fused-ring (bicyclic) bond motifs is 3.